The molecule has 0 N–H and O–H groups in total. The van der Waals surface area contributed by atoms with Crippen molar-refractivity contribution < 1.29 is 24.0 Å². The summed E-state index contributed by atoms with van der Waals surface area (Å²) in [5.74, 6) is -1.72. The van der Waals surface area contributed by atoms with Gasteiger partial charge in [-0.3, -0.25) is 24.6 Å². The number of hydrogen-bond acceptors (Lipinski definition) is 7. The van der Waals surface area contributed by atoms with Gasteiger partial charge in [-0.15, -0.1) is 13.2 Å². The van der Waals surface area contributed by atoms with E-state index in [1.807, 2.05) is 0 Å². The summed E-state index contributed by atoms with van der Waals surface area (Å²) in [6, 6.07) is 6.70. The molecule has 0 aliphatic carbocycles. The number of amides is 1. The Hall–Kier alpha value is -3.20. The number of esters is 1. The van der Waals surface area contributed by atoms with Crippen molar-refractivity contribution >= 4 is 11.9 Å². The summed E-state index contributed by atoms with van der Waals surface area (Å²) >= 11 is 0. The summed E-state index contributed by atoms with van der Waals surface area (Å²) in [4.78, 5) is 42.4. The molecule has 2 heterocycles. The minimum atomic E-state index is -1.78. The van der Waals surface area contributed by atoms with Gasteiger partial charge >= 0.3 is 5.97 Å². The average Bonchev–Trinajstić information content (AvgIpc) is 2.76. The summed E-state index contributed by atoms with van der Waals surface area (Å²) in [5, 5.41) is 12.7. The lowest BCUT2D eigenvalue weighted by Crippen LogP contribution is -2.77. The average molecular weight is 429 g/mol. The van der Waals surface area contributed by atoms with E-state index < -0.39 is 28.7 Å². The van der Waals surface area contributed by atoms with Crippen molar-refractivity contribution in [3.63, 3.8) is 0 Å². The molecule has 0 saturated carbocycles. The molecule has 0 radical (unpaired) electrons. The van der Waals surface area contributed by atoms with E-state index in [4.69, 9.17) is 9.47 Å². The molecule has 2 aliphatic rings. The molecule has 2 aliphatic heterocycles. The van der Waals surface area contributed by atoms with E-state index in [1.165, 1.54) is 25.2 Å². The van der Waals surface area contributed by atoms with Crippen LogP contribution in [-0.4, -0.2) is 79.1 Å². The maximum absolute atomic E-state index is 13.7. The Morgan fingerprint density at radius 2 is 1.84 bits per heavy atom. The van der Waals surface area contributed by atoms with Crippen molar-refractivity contribution in [2.75, 3.05) is 46.9 Å². The van der Waals surface area contributed by atoms with Gasteiger partial charge in [0.1, 0.15) is 5.75 Å². The second kappa shape index (κ2) is 8.50. The molecule has 1 amide bonds. The maximum Gasteiger partial charge on any atom is 0.323 e. The van der Waals surface area contributed by atoms with Crippen LogP contribution in [0.3, 0.4) is 0 Å². The van der Waals surface area contributed by atoms with Crippen LogP contribution in [-0.2, 0) is 14.3 Å². The van der Waals surface area contributed by atoms with Crippen molar-refractivity contribution in [1.29, 1.82) is 0 Å². The summed E-state index contributed by atoms with van der Waals surface area (Å²) < 4.78 is 10.3. The number of rotatable bonds is 8. The molecule has 1 aromatic carbocycles. The second-order valence-electron chi connectivity index (χ2n) is 7.96. The van der Waals surface area contributed by atoms with Crippen molar-refractivity contribution in [1.82, 2.24) is 9.80 Å². The van der Waals surface area contributed by atoms with Crippen LogP contribution in [0.2, 0.25) is 0 Å². The molecular formula is C22H27N3O6. The molecule has 2 bridgehead atoms. The van der Waals surface area contributed by atoms with Crippen molar-refractivity contribution in [3.8, 4) is 5.75 Å². The highest BCUT2D eigenvalue weighted by Gasteiger charge is 2.74. The molecule has 0 spiro atoms. The van der Waals surface area contributed by atoms with Crippen LogP contribution in [0, 0.1) is 15.5 Å². The summed E-state index contributed by atoms with van der Waals surface area (Å²) in [7, 11) is 2.71. The number of hydrogen-bond donors (Lipinski definition) is 0. The highest BCUT2D eigenvalue weighted by atomic mass is 16.6. The number of piperidine rings is 2. The molecule has 9 heteroatoms. The molecular weight excluding hydrogens is 402 g/mol. The van der Waals surface area contributed by atoms with Crippen LogP contribution in [0.5, 0.6) is 5.75 Å². The number of carbonyl (C=O) groups is 2. The minimum absolute atomic E-state index is 0.00947. The van der Waals surface area contributed by atoms with Crippen molar-refractivity contribution in [3.05, 3.63) is 65.3 Å². The van der Waals surface area contributed by atoms with Gasteiger partial charge in [-0.2, -0.15) is 0 Å². The highest BCUT2D eigenvalue weighted by Crippen LogP contribution is 2.54. The van der Waals surface area contributed by atoms with Crippen LogP contribution in [0.15, 0.2) is 49.6 Å². The standard InChI is InChI=1S/C22H27N3O6/c1-5-11-23-13-21(25(28)29)14-24(12-6-2)19(26)22(15-23,20(27)31-4)18(21)16-7-9-17(30-3)10-8-16/h5-10,18H,1-2,11-15H2,3-4H3/t18-,21-,22-/m1/s1. The molecule has 2 fully saturated rings. The van der Waals surface area contributed by atoms with Crippen LogP contribution < -0.4 is 4.74 Å². The smallest absolute Gasteiger partial charge is 0.323 e. The molecule has 3 atom stereocenters. The van der Waals surface area contributed by atoms with Gasteiger partial charge in [0.25, 0.3) is 5.54 Å². The van der Waals surface area contributed by atoms with Gasteiger partial charge in [-0.25, -0.2) is 0 Å². The third-order valence-electron chi connectivity index (χ3n) is 6.23. The first kappa shape index (κ1) is 22.5. The first-order valence-corrected chi connectivity index (χ1v) is 9.91. The molecule has 1 aromatic rings. The van der Waals surface area contributed by atoms with Gasteiger partial charge in [0.15, 0.2) is 5.41 Å². The van der Waals surface area contributed by atoms with Gasteiger partial charge in [0.2, 0.25) is 5.91 Å². The maximum atomic E-state index is 13.7. The van der Waals surface area contributed by atoms with Crippen molar-refractivity contribution in [2.24, 2.45) is 5.41 Å². The topological polar surface area (TPSA) is 102 Å². The lowest BCUT2D eigenvalue weighted by molar-refractivity contribution is -0.584. The number of methoxy groups -OCH3 is 2. The number of nitrogens with zero attached hydrogens (tertiary/aromatic N) is 3. The molecule has 9 nitrogen and oxygen atoms in total. The van der Waals surface area contributed by atoms with E-state index in [2.05, 4.69) is 13.2 Å². The number of benzene rings is 1. The first-order valence-electron chi connectivity index (χ1n) is 9.91. The van der Waals surface area contributed by atoms with Crippen LogP contribution in [0.1, 0.15) is 11.5 Å². The number of ether oxygens (including phenoxy) is 2. The summed E-state index contributed by atoms with van der Waals surface area (Å²) in [6.07, 6.45) is 3.11. The molecule has 31 heavy (non-hydrogen) atoms. The predicted molar refractivity (Wildman–Crippen MR) is 113 cm³/mol. The van der Waals surface area contributed by atoms with Crippen LogP contribution >= 0.6 is 0 Å². The Morgan fingerprint density at radius 1 is 1.19 bits per heavy atom. The quantitative estimate of drug-likeness (QED) is 0.203. The van der Waals surface area contributed by atoms with E-state index in [1.54, 1.807) is 35.2 Å². The van der Waals surface area contributed by atoms with Gasteiger partial charge in [-0.05, 0) is 17.7 Å². The lowest BCUT2D eigenvalue weighted by Gasteiger charge is -2.56. The van der Waals surface area contributed by atoms with E-state index in [9.17, 15) is 19.7 Å². The third kappa shape index (κ3) is 3.38. The predicted octanol–water partition coefficient (Wildman–Crippen LogP) is 1.48. The number of carbonyl (C=O) groups excluding carboxylic acids is 2. The Bertz CT molecular complexity index is 901. The molecule has 3 rings (SSSR count). The van der Waals surface area contributed by atoms with Gasteiger partial charge < -0.3 is 14.4 Å². The number of fused-ring (bicyclic) bond motifs is 2. The largest absolute Gasteiger partial charge is 0.497 e. The van der Waals surface area contributed by atoms with Crippen LogP contribution in [0.4, 0.5) is 0 Å². The zero-order chi connectivity index (χ0) is 22.8. The van der Waals surface area contributed by atoms with Gasteiger partial charge in [-0.1, -0.05) is 24.3 Å². The molecule has 0 unspecified atom stereocenters. The fourth-order valence-corrected chi connectivity index (χ4v) is 5.13. The Balaban J connectivity index is 2.31. The second-order valence-corrected chi connectivity index (χ2v) is 7.96. The van der Waals surface area contributed by atoms with Gasteiger partial charge in [0.05, 0.1) is 33.2 Å². The van der Waals surface area contributed by atoms with E-state index in [0.717, 1.165) is 0 Å². The molecule has 166 valence electrons. The normalized spacial score (nSPS) is 28.0. The Kier molecular flexibility index (Phi) is 6.17. The number of likely N-dealkylation sites (tertiary alicyclic amines) is 2. The molecule has 0 aromatic heterocycles. The minimum Gasteiger partial charge on any atom is -0.497 e. The van der Waals surface area contributed by atoms with E-state index in [-0.39, 0.29) is 31.1 Å². The summed E-state index contributed by atoms with van der Waals surface area (Å²) in [6.45, 7) is 7.68. The van der Waals surface area contributed by atoms with Gasteiger partial charge in [0, 0.05) is 24.6 Å². The van der Waals surface area contributed by atoms with Crippen LogP contribution in [0.25, 0.3) is 0 Å². The Morgan fingerprint density at radius 3 is 2.35 bits per heavy atom. The van der Waals surface area contributed by atoms with E-state index >= 15 is 0 Å². The monoisotopic (exact) mass is 429 g/mol. The highest BCUT2D eigenvalue weighted by molar-refractivity contribution is 6.05. The fraction of sp³-hybridized carbons (Fsp3) is 0.455. The third-order valence-corrected chi connectivity index (χ3v) is 6.23. The Labute approximate surface area is 181 Å². The van der Waals surface area contributed by atoms with E-state index in [0.29, 0.717) is 17.9 Å². The first-order chi connectivity index (χ1) is 14.8. The summed E-state index contributed by atoms with van der Waals surface area (Å²) in [5.41, 5.74) is -2.88. The fourth-order valence-electron chi connectivity index (χ4n) is 5.13. The van der Waals surface area contributed by atoms with Crippen molar-refractivity contribution in [2.45, 2.75) is 11.5 Å². The SMILES string of the molecule is C=CCN1C[C@]2(C(=O)OC)C(=O)N(CC=C)C[C@]([N+](=O)[O-])(C1)[C@H]2c1ccc(OC)cc1. The molecule has 2 saturated heterocycles. The number of nitro groups is 1. The lowest BCUT2D eigenvalue weighted by atomic mass is 9.56. The zero-order valence-corrected chi connectivity index (χ0v) is 17.8. The zero-order valence-electron chi connectivity index (χ0n) is 17.8.